The molecule has 4 rings (SSSR count). The first-order valence-corrected chi connectivity index (χ1v) is 6.38. The first kappa shape index (κ1) is 13.3. The molecule has 0 unspecified atom stereocenters. The third-order valence-electron chi connectivity index (χ3n) is 3.57. The van der Waals surface area contributed by atoms with Gasteiger partial charge in [0.25, 0.3) is 0 Å². The molecular weight excluding hydrogens is 363 g/mol. The van der Waals surface area contributed by atoms with Gasteiger partial charge in [-0.3, -0.25) is 0 Å². The Labute approximate surface area is 134 Å². The molecule has 0 spiro atoms. The third kappa shape index (κ3) is 1.95. The fourth-order valence-electron chi connectivity index (χ4n) is 2.68. The van der Waals surface area contributed by atoms with Crippen molar-refractivity contribution in [1.82, 2.24) is 4.90 Å². The maximum absolute atomic E-state index is 5.92. The Bertz CT molecular complexity index is 793. The van der Waals surface area contributed by atoms with Crippen LogP contribution in [0.15, 0.2) is 59.3 Å². The van der Waals surface area contributed by atoms with E-state index in [9.17, 15) is 0 Å². The van der Waals surface area contributed by atoms with Gasteiger partial charge in [-0.15, -0.1) is 24.0 Å². The van der Waals surface area contributed by atoms with E-state index in [-0.39, 0.29) is 24.0 Å². The standard InChI is InChI=1S/C16H14N2O.HI/c1-17-9-10-18(11-17)13-6-4-8-15-16(13)12-5-2-3-7-14(12)19-15;/h2-10H,11H2,1H3;1H. The van der Waals surface area contributed by atoms with Crippen LogP contribution in [0.3, 0.4) is 0 Å². The van der Waals surface area contributed by atoms with Gasteiger partial charge in [0.1, 0.15) is 11.2 Å². The first-order valence-electron chi connectivity index (χ1n) is 6.38. The van der Waals surface area contributed by atoms with Crippen molar-refractivity contribution in [1.29, 1.82) is 0 Å². The largest absolute Gasteiger partial charge is 0.456 e. The smallest absolute Gasteiger partial charge is 0.137 e. The van der Waals surface area contributed by atoms with E-state index >= 15 is 0 Å². The Morgan fingerprint density at radius 1 is 0.950 bits per heavy atom. The van der Waals surface area contributed by atoms with Gasteiger partial charge in [-0.05, 0) is 18.2 Å². The van der Waals surface area contributed by atoms with Crippen molar-refractivity contribution in [3.63, 3.8) is 0 Å². The molecule has 0 fully saturated rings. The topological polar surface area (TPSA) is 19.6 Å². The molecule has 3 aromatic rings. The summed E-state index contributed by atoms with van der Waals surface area (Å²) in [5.74, 6) is 0. The van der Waals surface area contributed by atoms with Crippen molar-refractivity contribution in [2.24, 2.45) is 0 Å². The van der Waals surface area contributed by atoms with Crippen LogP contribution in [-0.4, -0.2) is 18.6 Å². The van der Waals surface area contributed by atoms with E-state index in [2.05, 4.69) is 47.4 Å². The molecule has 3 nitrogen and oxygen atoms in total. The Balaban J connectivity index is 0.00000121. The van der Waals surface area contributed by atoms with Crippen LogP contribution in [0.4, 0.5) is 5.69 Å². The van der Waals surface area contributed by atoms with Crippen LogP contribution in [0, 0.1) is 0 Å². The fraction of sp³-hybridized carbons (Fsp3) is 0.125. The Morgan fingerprint density at radius 3 is 2.55 bits per heavy atom. The SMILES string of the molecule is CN1C=CN(c2cccc3oc4ccccc4c23)C1.I. The van der Waals surface area contributed by atoms with Gasteiger partial charge in [0.15, 0.2) is 0 Å². The number of hydrogen-bond donors (Lipinski definition) is 0. The lowest BCUT2D eigenvalue weighted by Crippen LogP contribution is -2.21. The van der Waals surface area contributed by atoms with Gasteiger partial charge in [0.2, 0.25) is 0 Å². The van der Waals surface area contributed by atoms with Crippen molar-refractivity contribution < 1.29 is 4.42 Å². The molecule has 0 bridgehead atoms. The minimum atomic E-state index is 0. The summed E-state index contributed by atoms with van der Waals surface area (Å²) in [6.45, 7) is 0.874. The Hall–Kier alpha value is -1.69. The number of nitrogens with zero attached hydrogens (tertiary/aromatic N) is 2. The van der Waals surface area contributed by atoms with Crippen molar-refractivity contribution >= 4 is 51.6 Å². The minimum absolute atomic E-state index is 0. The van der Waals surface area contributed by atoms with Crippen molar-refractivity contribution in [3.05, 3.63) is 54.9 Å². The predicted octanol–water partition coefficient (Wildman–Crippen LogP) is 4.38. The van der Waals surface area contributed by atoms with Crippen LogP contribution in [0.25, 0.3) is 21.9 Å². The molecule has 4 heteroatoms. The zero-order chi connectivity index (χ0) is 12.8. The lowest BCUT2D eigenvalue weighted by Gasteiger charge is -2.19. The number of benzene rings is 2. The maximum Gasteiger partial charge on any atom is 0.137 e. The van der Waals surface area contributed by atoms with E-state index in [1.807, 2.05) is 24.3 Å². The minimum Gasteiger partial charge on any atom is -0.456 e. The van der Waals surface area contributed by atoms with E-state index < -0.39 is 0 Å². The van der Waals surface area contributed by atoms with Crippen molar-refractivity contribution in [2.45, 2.75) is 0 Å². The highest BCUT2D eigenvalue weighted by Crippen LogP contribution is 2.36. The Kier molecular flexibility index (Phi) is 3.33. The molecule has 0 saturated heterocycles. The van der Waals surface area contributed by atoms with Gasteiger partial charge < -0.3 is 14.2 Å². The number of halogens is 1. The third-order valence-corrected chi connectivity index (χ3v) is 3.57. The average Bonchev–Trinajstić information content (AvgIpc) is 3.01. The first-order chi connectivity index (χ1) is 9.33. The Morgan fingerprint density at radius 2 is 1.75 bits per heavy atom. The summed E-state index contributed by atoms with van der Waals surface area (Å²) in [5.41, 5.74) is 3.09. The lowest BCUT2D eigenvalue weighted by atomic mass is 10.1. The van der Waals surface area contributed by atoms with Crippen LogP contribution < -0.4 is 4.90 Å². The lowest BCUT2D eigenvalue weighted by molar-refractivity contribution is 0.496. The number of para-hydroxylation sites is 1. The van der Waals surface area contributed by atoms with Gasteiger partial charge in [-0.1, -0.05) is 24.3 Å². The number of rotatable bonds is 1. The van der Waals surface area contributed by atoms with E-state index in [1.165, 1.54) is 16.5 Å². The van der Waals surface area contributed by atoms with E-state index in [1.54, 1.807) is 0 Å². The highest BCUT2D eigenvalue weighted by molar-refractivity contribution is 14.0. The van der Waals surface area contributed by atoms with Crippen LogP contribution in [0.5, 0.6) is 0 Å². The summed E-state index contributed by atoms with van der Waals surface area (Å²) in [6, 6.07) is 14.4. The second-order valence-electron chi connectivity index (χ2n) is 4.91. The van der Waals surface area contributed by atoms with Gasteiger partial charge in [0, 0.05) is 24.8 Å². The highest BCUT2D eigenvalue weighted by Gasteiger charge is 2.17. The number of hydrogen-bond acceptors (Lipinski definition) is 3. The predicted molar refractivity (Wildman–Crippen MR) is 93.4 cm³/mol. The summed E-state index contributed by atoms with van der Waals surface area (Å²) in [6.07, 6.45) is 4.19. The molecule has 0 aliphatic carbocycles. The number of fused-ring (bicyclic) bond motifs is 3. The van der Waals surface area contributed by atoms with Gasteiger partial charge >= 0.3 is 0 Å². The van der Waals surface area contributed by atoms with Crippen molar-refractivity contribution in [2.75, 3.05) is 18.6 Å². The molecular formula is C16H15IN2O. The molecule has 2 aromatic carbocycles. The average molecular weight is 378 g/mol. The van der Waals surface area contributed by atoms with Gasteiger partial charge in [-0.25, -0.2) is 0 Å². The second-order valence-corrected chi connectivity index (χ2v) is 4.91. The quantitative estimate of drug-likeness (QED) is 0.586. The molecule has 0 saturated carbocycles. The highest BCUT2D eigenvalue weighted by atomic mass is 127. The zero-order valence-electron chi connectivity index (χ0n) is 11.1. The number of furan rings is 1. The van der Waals surface area contributed by atoms with Crippen LogP contribution >= 0.6 is 24.0 Å². The van der Waals surface area contributed by atoms with Crippen molar-refractivity contribution in [3.8, 4) is 0 Å². The molecule has 0 radical (unpaired) electrons. The van der Waals surface area contributed by atoms with Crippen LogP contribution in [0.2, 0.25) is 0 Å². The summed E-state index contributed by atoms with van der Waals surface area (Å²) < 4.78 is 5.92. The molecule has 20 heavy (non-hydrogen) atoms. The van der Waals surface area contributed by atoms with Gasteiger partial charge in [-0.2, -0.15) is 0 Å². The zero-order valence-corrected chi connectivity index (χ0v) is 13.4. The van der Waals surface area contributed by atoms with E-state index in [0.29, 0.717) is 0 Å². The molecule has 2 heterocycles. The molecule has 0 amide bonds. The summed E-state index contributed by atoms with van der Waals surface area (Å²) in [5, 5.41) is 2.37. The number of anilines is 1. The van der Waals surface area contributed by atoms with Crippen LogP contribution in [-0.2, 0) is 0 Å². The monoisotopic (exact) mass is 378 g/mol. The van der Waals surface area contributed by atoms with Crippen LogP contribution in [0.1, 0.15) is 0 Å². The van der Waals surface area contributed by atoms with E-state index in [4.69, 9.17) is 4.42 Å². The summed E-state index contributed by atoms with van der Waals surface area (Å²) in [4.78, 5) is 4.39. The molecule has 102 valence electrons. The molecule has 1 aliphatic rings. The van der Waals surface area contributed by atoms with E-state index in [0.717, 1.165) is 17.8 Å². The normalized spacial score (nSPS) is 14.2. The maximum atomic E-state index is 5.92. The molecule has 1 aliphatic heterocycles. The summed E-state index contributed by atoms with van der Waals surface area (Å²) >= 11 is 0. The molecule has 1 aromatic heterocycles. The second kappa shape index (κ2) is 5.01. The molecule has 0 N–H and O–H groups in total. The fourth-order valence-corrected chi connectivity index (χ4v) is 2.68. The summed E-state index contributed by atoms with van der Waals surface area (Å²) in [7, 11) is 2.07. The molecule has 0 atom stereocenters. The van der Waals surface area contributed by atoms with Gasteiger partial charge in [0.05, 0.1) is 17.7 Å².